The first kappa shape index (κ1) is 13.4. The number of carbonyl (C=O) groups is 1. The van der Waals surface area contributed by atoms with Crippen LogP contribution in [0.2, 0.25) is 0 Å². The van der Waals surface area contributed by atoms with Gasteiger partial charge in [0.2, 0.25) is 5.88 Å². The van der Waals surface area contributed by atoms with Crippen LogP contribution in [0.1, 0.15) is 24.3 Å². The molecule has 0 fully saturated rings. The lowest BCUT2D eigenvalue weighted by atomic mass is 10.1. The number of aromatic carboxylic acids is 1. The Hall–Kier alpha value is -1.69. The fraction of sp³-hybridized carbons (Fsp3) is 0.545. The first-order chi connectivity index (χ1) is 7.83. The number of rotatable bonds is 5. The molecule has 0 amide bonds. The average molecular weight is 239 g/mol. The highest BCUT2D eigenvalue weighted by atomic mass is 16.5. The van der Waals surface area contributed by atoms with Crippen molar-refractivity contribution in [2.45, 2.75) is 19.4 Å². The van der Waals surface area contributed by atoms with Gasteiger partial charge in [0.1, 0.15) is 6.61 Å². The molecule has 0 aliphatic heterocycles. The Balaban J connectivity index is 2.62. The van der Waals surface area contributed by atoms with Crippen LogP contribution in [0.5, 0.6) is 5.88 Å². The highest BCUT2D eigenvalue weighted by Crippen LogP contribution is 2.12. The molecule has 0 aliphatic rings. The molecule has 0 aromatic carbocycles. The van der Waals surface area contributed by atoms with E-state index in [2.05, 4.69) is 9.97 Å². The summed E-state index contributed by atoms with van der Waals surface area (Å²) in [7, 11) is 3.92. The van der Waals surface area contributed by atoms with Gasteiger partial charge in [-0.3, -0.25) is 0 Å². The second-order valence-electron chi connectivity index (χ2n) is 4.54. The molecule has 6 heteroatoms. The van der Waals surface area contributed by atoms with Crippen LogP contribution in [-0.2, 0) is 0 Å². The predicted molar refractivity (Wildman–Crippen MR) is 62.3 cm³/mol. The van der Waals surface area contributed by atoms with Crippen molar-refractivity contribution in [3.05, 3.63) is 18.1 Å². The van der Waals surface area contributed by atoms with Crippen molar-refractivity contribution in [2.24, 2.45) is 0 Å². The Morgan fingerprint density at radius 1 is 1.41 bits per heavy atom. The molecule has 0 unspecified atom stereocenters. The van der Waals surface area contributed by atoms with E-state index in [0.29, 0.717) is 12.5 Å². The smallest absolute Gasteiger partial charge is 0.356 e. The van der Waals surface area contributed by atoms with Crippen LogP contribution in [0.3, 0.4) is 0 Å². The minimum Gasteiger partial charge on any atom is -0.476 e. The molecule has 0 radical (unpaired) electrons. The maximum absolute atomic E-state index is 10.6. The lowest BCUT2D eigenvalue weighted by Gasteiger charge is -2.31. The van der Waals surface area contributed by atoms with E-state index in [1.807, 2.05) is 32.8 Å². The van der Waals surface area contributed by atoms with Crippen LogP contribution in [-0.4, -0.2) is 52.2 Å². The van der Waals surface area contributed by atoms with E-state index in [-0.39, 0.29) is 11.2 Å². The second kappa shape index (κ2) is 5.09. The van der Waals surface area contributed by atoms with Crippen molar-refractivity contribution >= 4 is 5.97 Å². The summed E-state index contributed by atoms with van der Waals surface area (Å²) >= 11 is 0. The van der Waals surface area contributed by atoms with Gasteiger partial charge in [-0.15, -0.1) is 0 Å². The first-order valence-corrected chi connectivity index (χ1v) is 5.18. The van der Waals surface area contributed by atoms with Crippen molar-refractivity contribution in [3.8, 4) is 5.88 Å². The zero-order valence-corrected chi connectivity index (χ0v) is 10.5. The summed E-state index contributed by atoms with van der Waals surface area (Å²) in [6.45, 7) is 4.51. The zero-order valence-electron chi connectivity index (χ0n) is 10.5. The van der Waals surface area contributed by atoms with Gasteiger partial charge in [0.05, 0.1) is 12.4 Å². The summed E-state index contributed by atoms with van der Waals surface area (Å²) in [5.41, 5.74) is -0.225. The monoisotopic (exact) mass is 239 g/mol. The van der Waals surface area contributed by atoms with E-state index in [0.717, 1.165) is 0 Å². The van der Waals surface area contributed by atoms with E-state index in [1.165, 1.54) is 12.4 Å². The molecule has 0 bridgehead atoms. The van der Waals surface area contributed by atoms with Gasteiger partial charge in [-0.05, 0) is 27.9 Å². The number of likely N-dealkylation sites (N-methyl/N-ethyl adjacent to an activating group) is 1. The predicted octanol–water partition coefficient (Wildman–Crippen LogP) is 0.894. The van der Waals surface area contributed by atoms with Crippen molar-refractivity contribution < 1.29 is 14.6 Å². The highest BCUT2D eigenvalue weighted by Gasteiger charge is 2.21. The van der Waals surface area contributed by atoms with E-state index in [1.54, 1.807) is 0 Å². The minimum atomic E-state index is -1.10. The molecule has 17 heavy (non-hydrogen) atoms. The van der Waals surface area contributed by atoms with Crippen LogP contribution in [0.15, 0.2) is 12.4 Å². The minimum absolute atomic E-state index is 0.0933. The van der Waals surface area contributed by atoms with Crippen LogP contribution >= 0.6 is 0 Å². The van der Waals surface area contributed by atoms with Gasteiger partial charge in [0, 0.05) is 5.54 Å². The van der Waals surface area contributed by atoms with Crippen molar-refractivity contribution in [1.82, 2.24) is 14.9 Å². The zero-order chi connectivity index (χ0) is 13.1. The number of nitrogens with zero attached hydrogens (tertiary/aromatic N) is 3. The van der Waals surface area contributed by atoms with E-state index < -0.39 is 5.97 Å². The molecule has 1 N–H and O–H groups in total. The molecule has 6 nitrogen and oxygen atoms in total. The second-order valence-corrected chi connectivity index (χ2v) is 4.54. The molecule has 1 aromatic heterocycles. The largest absolute Gasteiger partial charge is 0.476 e. The van der Waals surface area contributed by atoms with Crippen molar-refractivity contribution in [1.29, 1.82) is 0 Å². The van der Waals surface area contributed by atoms with Gasteiger partial charge < -0.3 is 14.7 Å². The summed E-state index contributed by atoms with van der Waals surface area (Å²) in [5.74, 6) is -0.775. The Kier molecular flexibility index (Phi) is 4.01. The fourth-order valence-corrected chi connectivity index (χ4v) is 0.881. The van der Waals surface area contributed by atoms with E-state index >= 15 is 0 Å². The quantitative estimate of drug-likeness (QED) is 0.822. The van der Waals surface area contributed by atoms with Crippen molar-refractivity contribution in [3.63, 3.8) is 0 Å². The van der Waals surface area contributed by atoms with Crippen molar-refractivity contribution in [2.75, 3.05) is 20.7 Å². The molecular formula is C11H17N3O3. The summed E-state index contributed by atoms with van der Waals surface area (Å²) in [6, 6.07) is 0. The number of carboxylic acid groups (broad SMARTS) is 1. The van der Waals surface area contributed by atoms with Crippen LogP contribution in [0.4, 0.5) is 0 Å². The molecule has 0 aliphatic carbocycles. The van der Waals surface area contributed by atoms with Gasteiger partial charge >= 0.3 is 5.97 Å². The van der Waals surface area contributed by atoms with E-state index in [9.17, 15) is 4.79 Å². The fourth-order valence-electron chi connectivity index (χ4n) is 0.881. The van der Waals surface area contributed by atoms with Gasteiger partial charge in [0.15, 0.2) is 5.69 Å². The Morgan fingerprint density at radius 2 is 2.06 bits per heavy atom. The maximum Gasteiger partial charge on any atom is 0.356 e. The number of aromatic nitrogens is 2. The van der Waals surface area contributed by atoms with Crippen LogP contribution in [0.25, 0.3) is 0 Å². The first-order valence-electron chi connectivity index (χ1n) is 5.18. The van der Waals surface area contributed by atoms with Gasteiger partial charge in [-0.1, -0.05) is 0 Å². The molecule has 0 saturated carbocycles. The summed E-state index contributed by atoms with van der Waals surface area (Å²) in [4.78, 5) is 20.2. The Labute approximate surface area is 100 Å². The third-order valence-corrected chi connectivity index (χ3v) is 2.63. The molecule has 1 aromatic rings. The lowest BCUT2D eigenvalue weighted by molar-refractivity contribution is 0.0689. The third kappa shape index (κ3) is 3.67. The van der Waals surface area contributed by atoms with Gasteiger partial charge in [0.25, 0.3) is 0 Å². The molecule has 0 spiro atoms. The topological polar surface area (TPSA) is 75.5 Å². The summed E-state index contributed by atoms with van der Waals surface area (Å²) in [6.07, 6.45) is 2.50. The number of hydrogen-bond donors (Lipinski definition) is 1. The Morgan fingerprint density at radius 3 is 2.47 bits per heavy atom. The summed E-state index contributed by atoms with van der Waals surface area (Å²) < 4.78 is 5.46. The van der Waals surface area contributed by atoms with Gasteiger partial charge in [-0.25, -0.2) is 14.8 Å². The number of ether oxygens (including phenoxy) is 1. The molecule has 0 atom stereocenters. The van der Waals surface area contributed by atoms with Crippen LogP contribution in [0, 0.1) is 0 Å². The lowest BCUT2D eigenvalue weighted by Crippen LogP contribution is -2.43. The highest BCUT2D eigenvalue weighted by molar-refractivity contribution is 5.84. The van der Waals surface area contributed by atoms with E-state index in [4.69, 9.17) is 9.84 Å². The molecule has 1 heterocycles. The number of hydrogen-bond acceptors (Lipinski definition) is 5. The molecule has 1 rings (SSSR count). The van der Waals surface area contributed by atoms with Gasteiger partial charge in [-0.2, -0.15) is 0 Å². The molecule has 94 valence electrons. The maximum atomic E-state index is 10.6. The average Bonchev–Trinajstić information content (AvgIpc) is 2.27. The normalized spacial score (nSPS) is 11.6. The summed E-state index contributed by atoms with van der Waals surface area (Å²) in [5, 5.41) is 8.66. The third-order valence-electron chi connectivity index (χ3n) is 2.63. The molecular weight excluding hydrogens is 222 g/mol. The standard InChI is InChI=1S/C11H17N3O3/c1-11(2,14(3)4)7-17-9-6-12-8(5-13-9)10(15)16/h5-6H,7H2,1-4H3,(H,15,16). The van der Waals surface area contributed by atoms with Crippen LogP contribution < -0.4 is 4.74 Å². The SMILES string of the molecule is CN(C)C(C)(C)COc1cnc(C(=O)O)cn1. The number of carboxylic acids is 1. The molecule has 0 saturated heterocycles. The Bertz CT molecular complexity index is 387.